The van der Waals surface area contributed by atoms with Crippen molar-refractivity contribution in [3.63, 3.8) is 0 Å². The summed E-state index contributed by atoms with van der Waals surface area (Å²) < 4.78 is 26.1. The van der Waals surface area contributed by atoms with Gasteiger partial charge in [-0.05, 0) is 42.5 Å². The van der Waals surface area contributed by atoms with Gasteiger partial charge in [-0.2, -0.15) is 0 Å². The van der Waals surface area contributed by atoms with Crippen LogP contribution in [0.3, 0.4) is 0 Å². The number of rotatable bonds is 3. The molecular formula is C16H15NO3S2. The van der Waals surface area contributed by atoms with Crippen LogP contribution >= 0.6 is 11.3 Å². The molecule has 6 heteroatoms. The van der Waals surface area contributed by atoms with Crippen molar-refractivity contribution in [1.29, 1.82) is 0 Å². The molecule has 0 radical (unpaired) electrons. The molecule has 0 unspecified atom stereocenters. The molecule has 0 saturated heterocycles. The highest BCUT2D eigenvalue weighted by molar-refractivity contribution is 7.89. The van der Waals surface area contributed by atoms with E-state index in [-0.39, 0.29) is 11.4 Å². The summed E-state index contributed by atoms with van der Waals surface area (Å²) >= 11 is 1.55. The van der Waals surface area contributed by atoms with Gasteiger partial charge in [-0.1, -0.05) is 23.8 Å². The third-order valence-electron chi connectivity index (χ3n) is 3.57. The fourth-order valence-corrected chi connectivity index (χ4v) is 4.49. The minimum Gasteiger partial charge on any atom is -0.269 e. The first-order valence-corrected chi connectivity index (χ1v) is 9.18. The number of aryl methyl sites for hydroxylation is 1. The Morgan fingerprint density at radius 3 is 2.45 bits per heavy atom. The lowest BCUT2D eigenvalue weighted by molar-refractivity contribution is -0.121. The molecule has 3 rings (SSSR count). The lowest BCUT2D eigenvalue weighted by Gasteiger charge is -2.25. The highest BCUT2D eigenvalue weighted by Gasteiger charge is 2.31. The van der Waals surface area contributed by atoms with E-state index in [1.54, 1.807) is 23.5 Å². The molecule has 0 spiro atoms. The first kappa shape index (κ1) is 15.0. The number of sulfonamides is 1. The Morgan fingerprint density at radius 1 is 1.14 bits per heavy atom. The maximum Gasteiger partial charge on any atom is 0.266 e. The number of carbonyl (C=O) groups is 1. The molecule has 0 N–H and O–H groups in total. The topological polar surface area (TPSA) is 54.5 Å². The zero-order valence-corrected chi connectivity index (χ0v) is 13.7. The molecule has 0 aliphatic carbocycles. The van der Waals surface area contributed by atoms with Gasteiger partial charge in [0.25, 0.3) is 15.9 Å². The Kier molecular flexibility index (Phi) is 3.88. The molecule has 114 valence electrons. The van der Waals surface area contributed by atoms with E-state index in [0.717, 1.165) is 20.3 Å². The summed E-state index contributed by atoms with van der Waals surface area (Å²) in [7, 11) is -3.78. The van der Waals surface area contributed by atoms with E-state index in [4.69, 9.17) is 0 Å². The van der Waals surface area contributed by atoms with Crippen LogP contribution in [-0.4, -0.2) is 25.2 Å². The monoisotopic (exact) mass is 333 g/mol. The minimum atomic E-state index is -3.78. The van der Waals surface area contributed by atoms with E-state index in [0.29, 0.717) is 6.42 Å². The van der Waals surface area contributed by atoms with Crippen molar-refractivity contribution in [3.8, 4) is 0 Å². The fourth-order valence-electron chi connectivity index (χ4n) is 2.36. The Bertz CT molecular complexity index is 819. The number of benzene rings is 1. The molecule has 22 heavy (non-hydrogen) atoms. The van der Waals surface area contributed by atoms with Gasteiger partial charge in [0.1, 0.15) is 0 Å². The Hall–Kier alpha value is -1.92. The van der Waals surface area contributed by atoms with Crippen LogP contribution in [0, 0.1) is 6.92 Å². The minimum absolute atomic E-state index is 0.152. The van der Waals surface area contributed by atoms with Crippen molar-refractivity contribution in [2.75, 3.05) is 6.54 Å². The molecule has 1 aromatic carbocycles. The molecule has 1 amide bonds. The van der Waals surface area contributed by atoms with Crippen molar-refractivity contribution in [2.45, 2.75) is 18.2 Å². The third-order valence-corrected chi connectivity index (χ3v) is 6.33. The Morgan fingerprint density at radius 2 is 1.86 bits per heavy atom. The molecule has 1 aliphatic heterocycles. The van der Waals surface area contributed by atoms with E-state index < -0.39 is 15.9 Å². The second-order valence-electron chi connectivity index (χ2n) is 5.13. The van der Waals surface area contributed by atoms with Gasteiger partial charge in [-0.15, -0.1) is 11.3 Å². The van der Waals surface area contributed by atoms with E-state index in [9.17, 15) is 13.2 Å². The quantitative estimate of drug-likeness (QED) is 0.867. The number of hydrogen-bond donors (Lipinski definition) is 0. The lowest BCUT2D eigenvalue weighted by Crippen LogP contribution is -2.38. The van der Waals surface area contributed by atoms with Gasteiger partial charge in [0.05, 0.1) is 4.90 Å². The van der Waals surface area contributed by atoms with Crippen molar-refractivity contribution in [1.82, 2.24) is 4.31 Å². The zero-order valence-electron chi connectivity index (χ0n) is 12.0. The van der Waals surface area contributed by atoms with Gasteiger partial charge in [0.2, 0.25) is 0 Å². The van der Waals surface area contributed by atoms with Crippen LogP contribution in [0.4, 0.5) is 0 Å². The van der Waals surface area contributed by atoms with E-state index >= 15 is 0 Å². The van der Waals surface area contributed by atoms with Crippen molar-refractivity contribution < 1.29 is 13.2 Å². The zero-order chi connectivity index (χ0) is 15.7. The lowest BCUT2D eigenvalue weighted by atomic mass is 10.1. The molecule has 1 aromatic heterocycles. The highest BCUT2D eigenvalue weighted by atomic mass is 32.2. The number of thiophene rings is 1. The van der Waals surface area contributed by atoms with Crippen LogP contribution in [0.1, 0.15) is 16.9 Å². The second-order valence-corrected chi connectivity index (χ2v) is 7.94. The van der Waals surface area contributed by atoms with E-state index in [2.05, 4.69) is 0 Å². The summed E-state index contributed by atoms with van der Waals surface area (Å²) in [4.78, 5) is 13.4. The van der Waals surface area contributed by atoms with Gasteiger partial charge in [-0.3, -0.25) is 4.79 Å². The molecule has 2 heterocycles. The van der Waals surface area contributed by atoms with Crippen LogP contribution in [0.25, 0.3) is 5.57 Å². The maximum absolute atomic E-state index is 12.6. The molecule has 0 atom stereocenters. The largest absolute Gasteiger partial charge is 0.269 e. The summed E-state index contributed by atoms with van der Waals surface area (Å²) in [5.74, 6) is -0.477. The smallest absolute Gasteiger partial charge is 0.266 e. The van der Waals surface area contributed by atoms with Crippen molar-refractivity contribution >= 4 is 32.8 Å². The van der Waals surface area contributed by atoms with Crippen LogP contribution < -0.4 is 0 Å². The molecule has 1 aliphatic rings. The normalized spacial score (nSPS) is 15.8. The Labute approximate surface area is 133 Å². The molecular weight excluding hydrogens is 318 g/mol. The van der Waals surface area contributed by atoms with Gasteiger partial charge in [-0.25, -0.2) is 12.7 Å². The number of amides is 1. The summed E-state index contributed by atoms with van der Waals surface area (Å²) in [6.45, 7) is 2.07. The van der Waals surface area contributed by atoms with Crippen LogP contribution in [0.2, 0.25) is 0 Å². The van der Waals surface area contributed by atoms with Crippen LogP contribution in [-0.2, 0) is 14.8 Å². The first-order valence-electron chi connectivity index (χ1n) is 6.86. The molecule has 0 saturated carbocycles. The second kappa shape index (κ2) is 5.70. The first-order chi connectivity index (χ1) is 10.5. The summed E-state index contributed by atoms with van der Waals surface area (Å²) in [5.41, 5.74) is 1.87. The third kappa shape index (κ3) is 2.71. The summed E-state index contributed by atoms with van der Waals surface area (Å²) in [5, 5.41) is 1.94. The van der Waals surface area contributed by atoms with Gasteiger partial charge in [0.15, 0.2) is 0 Å². The standard InChI is InChI=1S/C16H15NO3S2/c1-12-4-6-14(7-5-12)22(19,20)17-9-8-13(11-16(17)18)15-3-2-10-21-15/h2-7,10-11H,8-9H2,1H3. The molecule has 0 fully saturated rings. The molecule has 4 nitrogen and oxygen atoms in total. The summed E-state index contributed by atoms with van der Waals surface area (Å²) in [6.07, 6.45) is 1.97. The number of hydrogen-bond acceptors (Lipinski definition) is 4. The average molecular weight is 333 g/mol. The van der Waals surface area contributed by atoms with Gasteiger partial charge >= 0.3 is 0 Å². The average Bonchev–Trinajstić information content (AvgIpc) is 3.01. The maximum atomic E-state index is 12.6. The van der Waals surface area contributed by atoms with Crippen molar-refractivity contribution in [3.05, 3.63) is 58.3 Å². The number of nitrogens with zero attached hydrogens (tertiary/aromatic N) is 1. The highest BCUT2D eigenvalue weighted by Crippen LogP contribution is 2.29. The van der Waals surface area contributed by atoms with E-state index in [1.165, 1.54) is 18.2 Å². The SMILES string of the molecule is Cc1ccc(S(=O)(=O)N2CCC(c3cccs3)=CC2=O)cc1. The van der Waals surface area contributed by atoms with Gasteiger partial charge in [0, 0.05) is 17.5 Å². The van der Waals surface area contributed by atoms with Gasteiger partial charge < -0.3 is 0 Å². The predicted octanol–water partition coefficient (Wildman–Crippen LogP) is 3.06. The molecule has 2 aromatic rings. The van der Waals surface area contributed by atoms with Crippen LogP contribution in [0.5, 0.6) is 0 Å². The van der Waals surface area contributed by atoms with E-state index in [1.807, 2.05) is 24.4 Å². The number of carbonyl (C=O) groups excluding carboxylic acids is 1. The fraction of sp³-hybridized carbons (Fsp3) is 0.188. The molecule has 0 bridgehead atoms. The summed E-state index contributed by atoms with van der Waals surface area (Å²) in [6, 6.07) is 10.4. The predicted molar refractivity (Wildman–Crippen MR) is 87.0 cm³/mol. The Balaban J connectivity index is 1.90. The van der Waals surface area contributed by atoms with Crippen LogP contribution in [0.15, 0.2) is 52.7 Å². The van der Waals surface area contributed by atoms with Crippen molar-refractivity contribution in [2.24, 2.45) is 0 Å².